The average Bonchev–Trinajstić information content (AvgIpc) is 2.60. The predicted molar refractivity (Wildman–Crippen MR) is 104 cm³/mol. The van der Waals surface area contributed by atoms with Gasteiger partial charge in [0.15, 0.2) is 0 Å². The van der Waals surface area contributed by atoms with Crippen molar-refractivity contribution >= 4 is 31.9 Å². The third-order valence-corrected chi connectivity index (χ3v) is 4.84. The Kier molecular flexibility index (Phi) is 7.19. The molecule has 2 rings (SSSR count). The molecule has 0 saturated carbocycles. The molecule has 1 unspecified atom stereocenters. The van der Waals surface area contributed by atoms with Gasteiger partial charge in [0.1, 0.15) is 5.75 Å². The number of halogens is 1. The number of rotatable bonds is 8. The van der Waals surface area contributed by atoms with E-state index in [0.717, 1.165) is 16.3 Å². The van der Waals surface area contributed by atoms with Gasteiger partial charge in [-0.1, -0.05) is 46.3 Å². The number of sulfonamides is 1. The summed E-state index contributed by atoms with van der Waals surface area (Å²) in [6.45, 7) is 0.375. The molecule has 2 aromatic rings. The zero-order valence-electron chi connectivity index (χ0n) is 14.6. The van der Waals surface area contributed by atoms with Crippen molar-refractivity contribution in [3.8, 4) is 5.75 Å². The van der Waals surface area contributed by atoms with Gasteiger partial charge >= 0.3 is 0 Å². The molecule has 1 atom stereocenters. The number of amides is 1. The van der Waals surface area contributed by atoms with Crippen LogP contribution in [-0.2, 0) is 14.8 Å². The van der Waals surface area contributed by atoms with Gasteiger partial charge < -0.3 is 9.64 Å². The Hall–Kier alpha value is -1.90. The standard InChI is InChI=1S/C18H21BrN2O4S/c1-21(13-12-20-26(2,23)24)18(22)17(14-6-4-3-5-7-14)25-16-10-8-15(19)9-11-16/h3-11,17,20H,12-13H2,1-2H3. The molecule has 6 nitrogen and oxygen atoms in total. The van der Waals surface area contributed by atoms with Crippen molar-refractivity contribution in [2.45, 2.75) is 6.10 Å². The van der Waals surface area contributed by atoms with E-state index < -0.39 is 16.1 Å². The van der Waals surface area contributed by atoms with Gasteiger partial charge in [-0.2, -0.15) is 0 Å². The fraction of sp³-hybridized carbons (Fsp3) is 0.278. The topological polar surface area (TPSA) is 75.7 Å². The Morgan fingerprint density at radius 3 is 2.35 bits per heavy atom. The molecule has 0 aliphatic carbocycles. The maximum Gasteiger partial charge on any atom is 0.268 e. The molecular weight excluding hydrogens is 420 g/mol. The van der Waals surface area contributed by atoms with Crippen molar-refractivity contribution < 1.29 is 17.9 Å². The van der Waals surface area contributed by atoms with Gasteiger partial charge in [-0.25, -0.2) is 13.1 Å². The summed E-state index contributed by atoms with van der Waals surface area (Å²) in [5, 5.41) is 0. The van der Waals surface area contributed by atoms with Crippen LogP contribution in [0.4, 0.5) is 0 Å². The predicted octanol–water partition coefficient (Wildman–Crippen LogP) is 2.58. The van der Waals surface area contributed by atoms with Crippen LogP contribution in [0.1, 0.15) is 11.7 Å². The first-order chi connectivity index (χ1) is 12.3. The Morgan fingerprint density at radius 2 is 1.77 bits per heavy atom. The lowest BCUT2D eigenvalue weighted by atomic mass is 10.1. The highest BCUT2D eigenvalue weighted by Gasteiger charge is 2.26. The number of carbonyl (C=O) groups excluding carboxylic acids is 1. The third kappa shape index (κ3) is 6.44. The van der Waals surface area contributed by atoms with E-state index in [0.29, 0.717) is 5.75 Å². The summed E-state index contributed by atoms with van der Waals surface area (Å²) < 4.78 is 31.5. The van der Waals surface area contributed by atoms with Gasteiger partial charge in [0.25, 0.3) is 5.91 Å². The molecule has 0 aliphatic heterocycles. The average molecular weight is 441 g/mol. The smallest absolute Gasteiger partial charge is 0.268 e. The van der Waals surface area contributed by atoms with Crippen molar-refractivity contribution in [3.05, 3.63) is 64.6 Å². The van der Waals surface area contributed by atoms with Gasteiger partial charge in [-0.05, 0) is 24.3 Å². The van der Waals surface area contributed by atoms with Crippen LogP contribution >= 0.6 is 15.9 Å². The molecule has 0 radical (unpaired) electrons. The Balaban J connectivity index is 2.14. The molecule has 0 aliphatic rings. The highest BCUT2D eigenvalue weighted by Crippen LogP contribution is 2.25. The molecule has 0 aromatic heterocycles. The molecular formula is C18H21BrN2O4S. The highest BCUT2D eigenvalue weighted by molar-refractivity contribution is 9.10. The van der Waals surface area contributed by atoms with Crippen LogP contribution in [0.5, 0.6) is 5.75 Å². The molecule has 2 aromatic carbocycles. The second-order valence-electron chi connectivity index (χ2n) is 5.79. The molecule has 1 amide bonds. The van der Waals surface area contributed by atoms with Gasteiger partial charge in [0.2, 0.25) is 16.1 Å². The molecule has 0 fully saturated rings. The second kappa shape index (κ2) is 9.16. The van der Waals surface area contributed by atoms with E-state index in [2.05, 4.69) is 20.7 Å². The minimum Gasteiger partial charge on any atom is -0.476 e. The van der Waals surface area contributed by atoms with Crippen LogP contribution in [0.25, 0.3) is 0 Å². The minimum atomic E-state index is -3.29. The molecule has 8 heteroatoms. The minimum absolute atomic E-state index is 0.140. The number of benzene rings is 2. The summed E-state index contributed by atoms with van der Waals surface area (Å²) in [4.78, 5) is 14.3. The lowest BCUT2D eigenvalue weighted by molar-refractivity contribution is -0.137. The summed E-state index contributed by atoms with van der Waals surface area (Å²) in [6, 6.07) is 16.4. The molecule has 0 spiro atoms. The highest BCUT2D eigenvalue weighted by atomic mass is 79.9. The number of hydrogen-bond donors (Lipinski definition) is 1. The maximum atomic E-state index is 12.9. The lowest BCUT2D eigenvalue weighted by Gasteiger charge is -2.25. The van der Waals surface area contributed by atoms with Gasteiger partial charge in [-0.3, -0.25) is 4.79 Å². The van der Waals surface area contributed by atoms with E-state index in [9.17, 15) is 13.2 Å². The van der Waals surface area contributed by atoms with Crippen LogP contribution in [0.2, 0.25) is 0 Å². The number of nitrogens with one attached hydrogen (secondary N) is 1. The maximum absolute atomic E-state index is 12.9. The molecule has 1 N–H and O–H groups in total. The van der Waals surface area contributed by atoms with Gasteiger partial charge in [0, 0.05) is 30.2 Å². The number of hydrogen-bond acceptors (Lipinski definition) is 4. The van der Waals surface area contributed by atoms with E-state index in [1.807, 2.05) is 42.5 Å². The molecule has 0 saturated heterocycles. The van der Waals surface area contributed by atoms with Crippen LogP contribution in [-0.4, -0.2) is 45.6 Å². The second-order valence-corrected chi connectivity index (χ2v) is 8.54. The largest absolute Gasteiger partial charge is 0.476 e. The van der Waals surface area contributed by atoms with E-state index >= 15 is 0 Å². The third-order valence-electron chi connectivity index (χ3n) is 3.58. The summed E-state index contributed by atoms with van der Waals surface area (Å²) in [6.07, 6.45) is 0.263. The summed E-state index contributed by atoms with van der Waals surface area (Å²) in [7, 11) is -1.68. The monoisotopic (exact) mass is 440 g/mol. The van der Waals surface area contributed by atoms with Gasteiger partial charge in [0.05, 0.1) is 6.26 Å². The summed E-state index contributed by atoms with van der Waals surface area (Å²) in [5.41, 5.74) is 0.725. The Labute approximate surface area is 162 Å². The van der Waals surface area contributed by atoms with E-state index in [-0.39, 0.29) is 19.0 Å². The number of ether oxygens (including phenoxy) is 1. The van der Waals surface area contributed by atoms with E-state index in [4.69, 9.17) is 4.74 Å². The zero-order valence-corrected chi connectivity index (χ0v) is 17.0. The molecule has 140 valence electrons. The van der Waals surface area contributed by atoms with E-state index in [1.54, 1.807) is 19.2 Å². The number of carbonyl (C=O) groups is 1. The van der Waals surface area contributed by atoms with Crippen molar-refractivity contribution in [3.63, 3.8) is 0 Å². The van der Waals surface area contributed by atoms with Crippen molar-refractivity contribution in [2.24, 2.45) is 0 Å². The fourth-order valence-electron chi connectivity index (χ4n) is 2.25. The van der Waals surface area contributed by atoms with Crippen molar-refractivity contribution in [1.82, 2.24) is 9.62 Å². The first-order valence-electron chi connectivity index (χ1n) is 7.93. The normalized spacial score (nSPS) is 12.4. The fourth-order valence-corrected chi connectivity index (χ4v) is 2.97. The number of nitrogens with zero attached hydrogens (tertiary/aromatic N) is 1. The Bertz CT molecular complexity index is 826. The lowest BCUT2D eigenvalue weighted by Crippen LogP contribution is -2.39. The molecule has 26 heavy (non-hydrogen) atoms. The van der Waals surface area contributed by atoms with Gasteiger partial charge in [-0.15, -0.1) is 0 Å². The first-order valence-corrected chi connectivity index (χ1v) is 10.6. The van der Waals surface area contributed by atoms with E-state index in [1.165, 1.54) is 4.90 Å². The zero-order chi connectivity index (χ0) is 19.2. The van der Waals surface area contributed by atoms with Crippen molar-refractivity contribution in [1.29, 1.82) is 0 Å². The first kappa shape index (κ1) is 20.4. The Morgan fingerprint density at radius 1 is 1.15 bits per heavy atom. The quantitative estimate of drug-likeness (QED) is 0.684. The van der Waals surface area contributed by atoms with Crippen LogP contribution < -0.4 is 9.46 Å². The van der Waals surface area contributed by atoms with Crippen LogP contribution in [0, 0.1) is 0 Å². The molecule has 0 bridgehead atoms. The van der Waals surface area contributed by atoms with Crippen LogP contribution in [0.15, 0.2) is 59.1 Å². The van der Waals surface area contributed by atoms with Crippen molar-refractivity contribution in [2.75, 3.05) is 26.4 Å². The van der Waals surface area contributed by atoms with Crippen LogP contribution in [0.3, 0.4) is 0 Å². The summed E-state index contributed by atoms with van der Waals surface area (Å²) in [5.74, 6) is 0.312. The SMILES string of the molecule is CN(CCNS(C)(=O)=O)C(=O)C(Oc1ccc(Br)cc1)c1ccccc1. The summed E-state index contributed by atoms with van der Waals surface area (Å²) >= 11 is 3.37. The molecule has 0 heterocycles. The number of likely N-dealkylation sites (N-methyl/N-ethyl adjacent to an activating group) is 1.